The molecule has 258 valence electrons. The van der Waals surface area contributed by atoms with Crippen LogP contribution in [0.3, 0.4) is 0 Å². The number of nitrogens with one attached hydrogen (secondary N) is 4. The van der Waals surface area contributed by atoms with Crippen LogP contribution in [-0.2, 0) is 40.3 Å². The van der Waals surface area contributed by atoms with E-state index >= 15 is 0 Å². The van der Waals surface area contributed by atoms with Gasteiger partial charge in [0.1, 0.15) is 17.9 Å². The van der Waals surface area contributed by atoms with Crippen molar-refractivity contribution >= 4 is 34.3 Å². The predicted molar refractivity (Wildman–Crippen MR) is 195 cm³/mol. The van der Waals surface area contributed by atoms with E-state index in [2.05, 4.69) is 32.0 Å². The maximum absolute atomic E-state index is 14.0. The van der Waals surface area contributed by atoms with Gasteiger partial charge in [-0.25, -0.2) is 4.39 Å². The van der Waals surface area contributed by atoms with Gasteiger partial charge in [0.05, 0.1) is 0 Å². The topological polar surface area (TPSA) is 104 Å². The van der Waals surface area contributed by atoms with Gasteiger partial charge in [-0.1, -0.05) is 85.6 Å². The molecule has 0 unspecified atom stereocenters. The minimum Gasteiger partial charge on any atom is -0.344 e. The Morgan fingerprint density at radius 2 is 1.38 bits per heavy atom. The van der Waals surface area contributed by atoms with E-state index in [0.29, 0.717) is 24.8 Å². The van der Waals surface area contributed by atoms with E-state index in [-0.39, 0.29) is 30.5 Å². The molecule has 50 heavy (non-hydrogen) atoms. The molecule has 6 rings (SSSR count). The second-order valence-corrected chi connectivity index (χ2v) is 13.2. The highest BCUT2D eigenvalue weighted by molar-refractivity contribution is 6.00. The Bertz CT molecular complexity index is 1900. The maximum Gasteiger partial charge on any atom is 0.247 e. The molecule has 1 aromatic heterocycles. The van der Waals surface area contributed by atoms with Gasteiger partial charge in [-0.15, -0.1) is 0 Å². The SMILES string of the molecule is CC(=O)N[C@H](Cc1ccccc1)C(=O)N[C@H](Cc1ccccc1)C(=O)Nc1ccc2c(c1)c(CNC1CCCC1)cn2Cc1ccc(F)cc1. The number of carbonyl (C=O) groups excluding carboxylic acids is 3. The zero-order chi connectivity index (χ0) is 34.9. The van der Waals surface area contributed by atoms with E-state index in [1.807, 2.05) is 78.9 Å². The normalized spacial score (nSPS) is 14.3. The number of benzene rings is 4. The highest BCUT2D eigenvalue weighted by Gasteiger charge is 2.27. The zero-order valence-corrected chi connectivity index (χ0v) is 28.3. The number of amides is 3. The molecule has 1 fully saturated rings. The smallest absolute Gasteiger partial charge is 0.247 e. The molecule has 2 atom stereocenters. The number of nitrogens with zero attached hydrogens (tertiary/aromatic N) is 1. The van der Waals surface area contributed by atoms with Crippen molar-refractivity contribution in [1.29, 1.82) is 0 Å². The number of aromatic nitrogens is 1. The third-order valence-corrected chi connectivity index (χ3v) is 9.33. The van der Waals surface area contributed by atoms with Gasteiger partial charge in [-0.3, -0.25) is 14.4 Å². The van der Waals surface area contributed by atoms with Gasteiger partial charge in [-0.2, -0.15) is 0 Å². The average Bonchev–Trinajstić information content (AvgIpc) is 3.76. The monoisotopic (exact) mass is 673 g/mol. The van der Waals surface area contributed by atoms with Gasteiger partial charge >= 0.3 is 0 Å². The summed E-state index contributed by atoms with van der Waals surface area (Å²) < 4.78 is 15.8. The summed E-state index contributed by atoms with van der Waals surface area (Å²) in [4.78, 5) is 39.7. The van der Waals surface area contributed by atoms with E-state index < -0.39 is 18.0 Å². The van der Waals surface area contributed by atoms with Gasteiger partial charge in [0.15, 0.2) is 0 Å². The summed E-state index contributed by atoms with van der Waals surface area (Å²) >= 11 is 0. The summed E-state index contributed by atoms with van der Waals surface area (Å²) in [7, 11) is 0. The van der Waals surface area contributed by atoms with Crippen molar-refractivity contribution in [2.75, 3.05) is 5.32 Å². The third kappa shape index (κ3) is 9.24. The van der Waals surface area contributed by atoms with Crippen molar-refractivity contribution in [2.24, 2.45) is 0 Å². The number of anilines is 1. The number of rotatable bonds is 14. The number of halogens is 1. The number of fused-ring (bicyclic) bond motifs is 1. The molecule has 4 aromatic carbocycles. The molecule has 8 nitrogen and oxygen atoms in total. The molecule has 5 aromatic rings. The fourth-order valence-corrected chi connectivity index (χ4v) is 6.76. The summed E-state index contributed by atoms with van der Waals surface area (Å²) in [5.74, 6) is -1.40. The Kier molecular flexibility index (Phi) is 11.4. The molecule has 0 radical (unpaired) electrons. The molecule has 1 aliphatic rings. The van der Waals surface area contributed by atoms with Crippen LogP contribution in [0.15, 0.2) is 109 Å². The summed E-state index contributed by atoms with van der Waals surface area (Å²) in [5, 5.41) is 13.5. The van der Waals surface area contributed by atoms with Crippen molar-refractivity contribution in [3.63, 3.8) is 0 Å². The van der Waals surface area contributed by atoms with Crippen molar-refractivity contribution < 1.29 is 18.8 Å². The van der Waals surface area contributed by atoms with Gasteiger partial charge in [0.25, 0.3) is 0 Å². The van der Waals surface area contributed by atoms with Crippen molar-refractivity contribution in [2.45, 2.75) is 76.7 Å². The molecule has 1 heterocycles. The van der Waals surface area contributed by atoms with Crippen LogP contribution in [0.4, 0.5) is 10.1 Å². The summed E-state index contributed by atoms with van der Waals surface area (Å²) in [6.07, 6.45) is 7.49. The van der Waals surface area contributed by atoms with Crippen LogP contribution < -0.4 is 21.3 Å². The van der Waals surface area contributed by atoms with E-state index in [0.717, 1.165) is 46.0 Å². The molecular formula is C41H44FN5O3. The fourth-order valence-electron chi connectivity index (χ4n) is 6.76. The van der Waals surface area contributed by atoms with E-state index in [9.17, 15) is 18.8 Å². The van der Waals surface area contributed by atoms with E-state index in [4.69, 9.17) is 0 Å². The lowest BCUT2D eigenvalue weighted by atomic mass is 10.0. The maximum atomic E-state index is 14.0. The van der Waals surface area contributed by atoms with E-state index in [1.54, 1.807) is 12.1 Å². The van der Waals surface area contributed by atoms with Crippen LogP contribution in [0.25, 0.3) is 10.9 Å². The molecule has 0 bridgehead atoms. The predicted octanol–water partition coefficient (Wildman–Crippen LogP) is 6.27. The van der Waals surface area contributed by atoms with Crippen LogP contribution in [0.2, 0.25) is 0 Å². The largest absolute Gasteiger partial charge is 0.344 e. The minimum atomic E-state index is -0.904. The summed E-state index contributed by atoms with van der Waals surface area (Å²) in [6, 6.07) is 30.1. The van der Waals surface area contributed by atoms with E-state index in [1.165, 1.54) is 31.9 Å². The first kappa shape index (κ1) is 34.6. The molecule has 0 aliphatic heterocycles. The number of hydrogen-bond donors (Lipinski definition) is 4. The fraction of sp³-hybridized carbons (Fsp3) is 0.293. The molecule has 1 aliphatic carbocycles. The Morgan fingerprint density at radius 3 is 2.00 bits per heavy atom. The summed E-state index contributed by atoms with van der Waals surface area (Å²) in [5.41, 5.74) is 5.49. The van der Waals surface area contributed by atoms with Gasteiger partial charge in [-0.05, 0) is 65.4 Å². The van der Waals surface area contributed by atoms with Crippen molar-refractivity contribution in [3.8, 4) is 0 Å². The third-order valence-electron chi connectivity index (χ3n) is 9.33. The van der Waals surface area contributed by atoms with Crippen LogP contribution in [-0.4, -0.2) is 40.4 Å². The Balaban J connectivity index is 1.25. The lowest BCUT2D eigenvalue weighted by Gasteiger charge is -2.23. The Hall–Kier alpha value is -5.28. The number of carbonyl (C=O) groups is 3. The van der Waals surface area contributed by atoms with Gasteiger partial charge < -0.3 is 25.8 Å². The van der Waals surface area contributed by atoms with Gasteiger partial charge in [0.2, 0.25) is 17.7 Å². The minimum absolute atomic E-state index is 0.267. The zero-order valence-electron chi connectivity index (χ0n) is 28.3. The first-order valence-corrected chi connectivity index (χ1v) is 17.4. The first-order chi connectivity index (χ1) is 24.3. The lowest BCUT2D eigenvalue weighted by Crippen LogP contribution is -2.53. The Labute approximate surface area is 292 Å². The van der Waals surface area contributed by atoms with Crippen molar-refractivity contribution in [1.82, 2.24) is 20.5 Å². The van der Waals surface area contributed by atoms with Gasteiger partial charge in [0, 0.05) is 61.7 Å². The number of hydrogen-bond acceptors (Lipinski definition) is 4. The van der Waals surface area contributed by atoms with Crippen LogP contribution >= 0.6 is 0 Å². The molecule has 1 saturated carbocycles. The first-order valence-electron chi connectivity index (χ1n) is 17.4. The standard InChI is InChI=1S/C41H44FN5O3/c1-28(48)44-37(22-29-10-4-2-5-11-29)41(50)46-38(23-30-12-6-3-7-13-30)40(49)45-35-20-21-39-36(24-35)32(25-43-34-14-8-9-15-34)27-47(39)26-31-16-18-33(42)19-17-31/h2-7,10-13,16-21,24,27,34,37-38,43H,8-9,14-15,22-23,25-26H2,1H3,(H,44,48)(H,45,49)(H,46,50)/t37-,38-/m1/s1. The Morgan fingerprint density at radius 1 is 0.760 bits per heavy atom. The second kappa shape index (κ2) is 16.4. The summed E-state index contributed by atoms with van der Waals surface area (Å²) in [6.45, 7) is 2.64. The lowest BCUT2D eigenvalue weighted by molar-refractivity contribution is -0.130. The van der Waals surface area contributed by atoms with Crippen LogP contribution in [0.5, 0.6) is 0 Å². The molecule has 0 spiro atoms. The molecule has 3 amide bonds. The molecular weight excluding hydrogens is 629 g/mol. The second-order valence-electron chi connectivity index (χ2n) is 13.2. The molecule has 0 saturated heterocycles. The van der Waals surface area contributed by atoms with Crippen molar-refractivity contribution in [3.05, 3.63) is 137 Å². The molecule has 4 N–H and O–H groups in total. The highest BCUT2D eigenvalue weighted by atomic mass is 19.1. The molecule has 9 heteroatoms. The van der Waals surface area contributed by atoms with Crippen LogP contribution in [0.1, 0.15) is 54.9 Å². The average molecular weight is 674 g/mol. The highest BCUT2D eigenvalue weighted by Crippen LogP contribution is 2.27. The quantitative estimate of drug-likeness (QED) is 0.112. The van der Waals surface area contributed by atoms with Crippen LogP contribution in [0, 0.1) is 5.82 Å².